The fourth-order valence-corrected chi connectivity index (χ4v) is 1.85. The maximum Gasteiger partial charge on any atom is 0.196 e. The number of rotatable bonds is 3. The zero-order chi connectivity index (χ0) is 14.0. The first-order valence-corrected chi connectivity index (χ1v) is 6.09. The van der Waals surface area contributed by atoms with Gasteiger partial charge >= 0.3 is 0 Å². The molecule has 1 nitrogen and oxygen atoms in total. The predicted octanol–water partition coefficient (Wildman–Crippen LogP) is 4.32. The van der Waals surface area contributed by atoms with Gasteiger partial charge in [-0.2, -0.15) is 0 Å². The van der Waals surface area contributed by atoms with Gasteiger partial charge in [-0.15, -0.1) is 0 Å². The molecule has 0 saturated carbocycles. The molecule has 0 radical (unpaired) electrons. The van der Waals surface area contributed by atoms with Crippen LogP contribution in [0.4, 0.5) is 8.78 Å². The molecule has 0 N–H and O–H groups in total. The van der Waals surface area contributed by atoms with E-state index in [1.54, 1.807) is 12.1 Å². The molecule has 0 amide bonds. The SMILES string of the molecule is CC(C)c1ccc(C(=O)c2cccc(F)c2F)cc1. The third-order valence-corrected chi connectivity index (χ3v) is 3.04. The average Bonchev–Trinajstić information content (AvgIpc) is 2.41. The normalized spacial score (nSPS) is 10.8. The van der Waals surface area contributed by atoms with Crippen LogP contribution in [0.25, 0.3) is 0 Å². The minimum Gasteiger partial charge on any atom is -0.288 e. The summed E-state index contributed by atoms with van der Waals surface area (Å²) in [6.07, 6.45) is 0. The Balaban J connectivity index is 2.36. The van der Waals surface area contributed by atoms with Crippen molar-refractivity contribution in [3.8, 4) is 0 Å². The molecular formula is C16H14F2O. The Labute approximate surface area is 110 Å². The largest absolute Gasteiger partial charge is 0.288 e. The second-order valence-electron chi connectivity index (χ2n) is 4.71. The van der Waals surface area contributed by atoms with Gasteiger partial charge in [-0.3, -0.25) is 4.79 Å². The van der Waals surface area contributed by atoms with Crippen molar-refractivity contribution in [1.29, 1.82) is 0 Å². The Morgan fingerprint density at radius 2 is 1.63 bits per heavy atom. The molecule has 19 heavy (non-hydrogen) atoms. The summed E-state index contributed by atoms with van der Waals surface area (Å²) >= 11 is 0. The first-order chi connectivity index (χ1) is 9.00. The second kappa shape index (κ2) is 5.31. The topological polar surface area (TPSA) is 17.1 Å². The summed E-state index contributed by atoms with van der Waals surface area (Å²) in [5, 5.41) is 0. The quantitative estimate of drug-likeness (QED) is 0.751. The van der Waals surface area contributed by atoms with Gasteiger partial charge in [0.25, 0.3) is 0 Å². The molecule has 0 atom stereocenters. The van der Waals surface area contributed by atoms with Gasteiger partial charge in [-0.25, -0.2) is 8.78 Å². The Morgan fingerprint density at radius 3 is 2.21 bits per heavy atom. The first-order valence-electron chi connectivity index (χ1n) is 6.09. The number of ketones is 1. The summed E-state index contributed by atoms with van der Waals surface area (Å²) in [5.74, 6) is -2.26. The van der Waals surface area contributed by atoms with Crippen LogP contribution in [0.1, 0.15) is 41.3 Å². The standard InChI is InChI=1S/C16H14F2O/c1-10(2)11-6-8-12(9-7-11)16(19)13-4-3-5-14(17)15(13)18/h3-10H,1-2H3. The van der Waals surface area contributed by atoms with Gasteiger partial charge in [0.15, 0.2) is 17.4 Å². The molecule has 0 heterocycles. The lowest BCUT2D eigenvalue weighted by Gasteiger charge is -2.07. The summed E-state index contributed by atoms with van der Waals surface area (Å²) in [6.45, 7) is 4.09. The van der Waals surface area contributed by atoms with Crippen LogP contribution in [0.2, 0.25) is 0 Å². The van der Waals surface area contributed by atoms with Crippen LogP contribution in [-0.2, 0) is 0 Å². The van der Waals surface area contributed by atoms with E-state index in [0.717, 1.165) is 11.6 Å². The van der Waals surface area contributed by atoms with Gasteiger partial charge < -0.3 is 0 Å². The Morgan fingerprint density at radius 1 is 1.00 bits per heavy atom. The van der Waals surface area contributed by atoms with E-state index in [0.29, 0.717) is 11.5 Å². The third-order valence-electron chi connectivity index (χ3n) is 3.04. The highest BCUT2D eigenvalue weighted by atomic mass is 19.2. The van der Waals surface area contributed by atoms with Crippen LogP contribution in [0.3, 0.4) is 0 Å². The summed E-state index contributed by atoms with van der Waals surface area (Å²) in [7, 11) is 0. The van der Waals surface area contributed by atoms with Crippen LogP contribution in [0, 0.1) is 11.6 Å². The van der Waals surface area contributed by atoms with E-state index in [9.17, 15) is 13.6 Å². The van der Waals surface area contributed by atoms with Crippen molar-refractivity contribution in [2.75, 3.05) is 0 Å². The number of halogens is 2. The lowest BCUT2D eigenvalue weighted by Crippen LogP contribution is -2.06. The number of carbonyl (C=O) groups is 1. The molecule has 0 bridgehead atoms. The zero-order valence-electron chi connectivity index (χ0n) is 10.8. The molecule has 0 aliphatic carbocycles. The fraction of sp³-hybridized carbons (Fsp3) is 0.188. The molecule has 0 saturated heterocycles. The van der Waals surface area contributed by atoms with E-state index >= 15 is 0 Å². The molecule has 3 heteroatoms. The second-order valence-corrected chi connectivity index (χ2v) is 4.71. The van der Waals surface area contributed by atoms with Crippen molar-refractivity contribution >= 4 is 5.78 Å². The molecule has 98 valence electrons. The number of benzene rings is 2. The van der Waals surface area contributed by atoms with Crippen LogP contribution >= 0.6 is 0 Å². The molecule has 0 fully saturated rings. The minimum atomic E-state index is -1.10. The van der Waals surface area contributed by atoms with E-state index in [1.807, 2.05) is 26.0 Å². The van der Waals surface area contributed by atoms with Crippen LogP contribution < -0.4 is 0 Å². The minimum absolute atomic E-state index is 0.239. The lowest BCUT2D eigenvalue weighted by molar-refractivity contribution is 0.103. The van der Waals surface area contributed by atoms with E-state index in [4.69, 9.17) is 0 Å². The number of hydrogen-bond donors (Lipinski definition) is 0. The Bertz CT molecular complexity index is 601. The molecule has 2 rings (SSSR count). The smallest absolute Gasteiger partial charge is 0.196 e. The maximum atomic E-state index is 13.5. The van der Waals surface area contributed by atoms with E-state index in [2.05, 4.69) is 0 Å². The van der Waals surface area contributed by atoms with Crippen LogP contribution in [0.5, 0.6) is 0 Å². The molecule has 0 spiro atoms. The molecule has 0 unspecified atom stereocenters. The summed E-state index contributed by atoms with van der Waals surface area (Å²) in [5.41, 5.74) is 1.21. The van der Waals surface area contributed by atoms with Crippen LogP contribution in [0.15, 0.2) is 42.5 Å². The highest BCUT2D eigenvalue weighted by Crippen LogP contribution is 2.19. The fourth-order valence-electron chi connectivity index (χ4n) is 1.85. The monoisotopic (exact) mass is 260 g/mol. The van der Waals surface area contributed by atoms with Gasteiger partial charge in [0.05, 0.1) is 5.56 Å². The van der Waals surface area contributed by atoms with Gasteiger partial charge in [0.1, 0.15) is 0 Å². The molecular weight excluding hydrogens is 246 g/mol. The molecule has 0 aromatic heterocycles. The van der Waals surface area contributed by atoms with Gasteiger partial charge in [-0.05, 0) is 23.6 Å². The average molecular weight is 260 g/mol. The third kappa shape index (κ3) is 2.70. The van der Waals surface area contributed by atoms with Crippen LogP contribution in [-0.4, -0.2) is 5.78 Å². The highest BCUT2D eigenvalue weighted by molar-refractivity contribution is 6.09. The van der Waals surface area contributed by atoms with E-state index in [-0.39, 0.29) is 5.56 Å². The van der Waals surface area contributed by atoms with Crippen molar-refractivity contribution in [3.63, 3.8) is 0 Å². The molecule has 2 aromatic rings. The van der Waals surface area contributed by atoms with Crippen molar-refractivity contribution in [1.82, 2.24) is 0 Å². The van der Waals surface area contributed by atoms with Crippen molar-refractivity contribution < 1.29 is 13.6 Å². The van der Waals surface area contributed by atoms with Crippen molar-refractivity contribution in [3.05, 3.63) is 70.8 Å². The summed E-state index contributed by atoms with van der Waals surface area (Å²) < 4.78 is 26.6. The number of hydrogen-bond acceptors (Lipinski definition) is 1. The zero-order valence-corrected chi connectivity index (χ0v) is 10.8. The Kier molecular flexibility index (Phi) is 3.74. The molecule has 2 aromatic carbocycles. The predicted molar refractivity (Wildman–Crippen MR) is 70.3 cm³/mol. The van der Waals surface area contributed by atoms with Crippen molar-refractivity contribution in [2.24, 2.45) is 0 Å². The Hall–Kier alpha value is -2.03. The summed E-state index contributed by atoms with van der Waals surface area (Å²) in [4.78, 5) is 12.1. The lowest BCUT2D eigenvalue weighted by atomic mass is 9.98. The highest BCUT2D eigenvalue weighted by Gasteiger charge is 2.16. The number of carbonyl (C=O) groups excluding carboxylic acids is 1. The maximum absolute atomic E-state index is 13.5. The van der Waals surface area contributed by atoms with E-state index < -0.39 is 17.4 Å². The van der Waals surface area contributed by atoms with Gasteiger partial charge in [0.2, 0.25) is 0 Å². The first kappa shape index (κ1) is 13.4. The van der Waals surface area contributed by atoms with Gasteiger partial charge in [-0.1, -0.05) is 44.2 Å². The summed E-state index contributed by atoms with van der Waals surface area (Å²) in [6, 6.07) is 10.5. The van der Waals surface area contributed by atoms with Gasteiger partial charge in [0, 0.05) is 5.56 Å². The molecule has 0 aliphatic heterocycles. The van der Waals surface area contributed by atoms with Crippen molar-refractivity contribution in [2.45, 2.75) is 19.8 Å². The molecule has 0 aliphatic rings. The van der Waals surface area contributed by atoms with E-state index in [1.165, 1.54) is 12.1 Å².